The van der Waals surface area contributed by atoms with E-state index in [1.807, 2.05) is 19.9 Å². The monoisotopic (exact) mass is 335 g/mol. The van der Waals surface area contributed by atoms with Gasteiger partial charge in [-0.05, 0) is 30.2 Å². The van der Waals surface area contributed by atoms with E-state index in [-0.39, 0.29) is 6.61 Å². The van der Waals surface area contributed by atoms with Gasteiger partial charge in [0, 0.05) is 18.1 Å². The number of carbonyl (C=O) groups is 2. The van der Waals surface area contributed by atoms with Crippen molar-refractivity contribution in [2.45, 2.75) is 13.8 Å². The van der Waals surface area contributed by atoms with Crippen molar-refractivity contribution in [3.63, 3.8) is 0 Å². The van der Waals surface area contributed by atoms with Crippen LogP contribution in [-0.4, -0.2) is 30.1 Å². The molecule has 3 amide bonds. The lowest BCUT2D eigenvalue weighted by atomic mass is 10.2. The second-order valence-corrected chi connectivity index (χ2v) is 5.79. The van der Waals surface area contributed by atoms with E-state index in [1.165, 1.54) is 0 Å². The molecule has 0 bridgehead atoms. The van der Waals surface area contributed by atoms with Crippen LogP contribution in [0.4, 0.5) is 4.79 Å². The molecule has 122 valence electrons. The maximum Gasteiger partial charge on any atom is 0.321 e. The summed E-state index contributed by atoms with van der Waals surface area (Å²) in [5, 5.41) is 6.09. The van der Waals surface area contributed by atoms with Crippen molar-refractivity contribution in [1.82, 2.24) is 15.6 Å². The number of benzene rings is 1. The fourth-order valence-corrected chi connectivity index (χ4v) is 2.09. The second-order valence-electron chi connectivity index (χ2n) is 5.39. The first-order chi connectivity index (χ1) is 11.0. The third-order valence-electron chi connectivity index (χ3n) is 2.96. The van der Waals surface area contributed by atoms with Gasteiger partial charge in [0.1, 0.15) is 11.3 Å². The first-order valence-corrected chi connectivity index (χ1v) is 7.59. The first-order valence-electron chi connectivity index (χ1n) is 7.21. The second kappa shape index (κ2) is 7.78. The summed E-state index contributed by atoms with van der Waals surface area (Å²) < 4.78 is 5.45. The van der Waals surface area contributed by atoms with Crippen LogP contribution in [0.5, 0.6) is 5.75 Å². The van der Waals surface area contributed by atoms with Crippen molar-refractivity contribution in [3.05, 3.63) is 35.5 Å². The number of nitrogens with one attached hydrogen (secondary N) is 2. The highest BCUT2D eigenvalue weighted by atomic mass is 35.5. The predicted octanol–water partition coefficient (Wildman–Crippen LogP) is 2.75. The van der Waals surface area contributed by atoms with Crippen molar-refractivity contribution >= 4 is 34.4 Å². The first kappa shape index (κ1) is 17.0. The van der Waals surface area contributed by atoms with E-state index in [4.69, 9.17) is 16.3 Å². The van der Waals surface area contributed by atoms with Crippen LogP contribution in [0.3, 0.4) is 0 Å². The maximum atomic E-state index is 11.7. The molecule has 6 nitrogen and oxygen atoms in total. The summed E-state index contributed by atoms with van der Waals surface area (Å²) >= 11 is 6.09. The number of halogens is 1. The largest absolute Gasteiger partial charge is 0.481 e. The van der Waals surface area contributed by atoms with Crippen LogP contribution in [0.25, 0.3) is 10.9 Å². The zero-order valence-electron chi connectivity index (χ0n) is 12.9. The summed E-state index contributed by atoms with van der Waals surface area (Å²) in [4.78, 5) is 27.4. The smallest absolute Gasteiger partial charge is 0.321 e. The molecule has 2 N–H and O–H groups in total. The summed E-state index contributed by atoms with van der Waals surface area (Å²) in [5.74, 6) is 0.201. The van der Waals surface area contributed by atoms with E-state index in [2.05, 4.69) is 15.6 Å². The normalized spacial score (nSPS) is 10.6. The van der Waals surface area contributed by atoms with Crippen LogP contribution in [0.1, 0.15) is 13.8 Å². The Hall–Kier alpha value is -2.34. The number of urea groups is 1. The number of fused-ring (bicyclic) bond motifs is 1. The van der Waals surface area contributed by atoms with Gasteiger partial charge in [-0.25, -0.2) is 4.79 Å². The van der Waals surface area contributed by atoms with Gasteiger partial charge in [0.05, 0.1) is 5.02 Å². The van der Waals surface area contributed by atoms with E-state index >= 15 is 0 Å². The molecule has 2 rings (SSSR count). The lowest BCUT2D eigenvalue weighted by Crippen LogP contribution is -2.42. The molecule has 0 atom stereocenters. The lowest BCUT2D eigenvalue weighted by molar-refractivity contribution is -0.121. The Balaban J connectivity index is 1.95. The maximum absolute atomic E-state index is 11.7. The molecule has 1 aromatic carbocycles. The number of hydrogen-bond acceptors (Lipinski definition) is 4. The molecule has 23 heavy (non-hydrogen) atoms. The molecule has 0 unspecified atom stereocenters. The van der Waals surface area contributed by atoms with Gasteiger partial charge in [-0.15, -0.1) is 0 Å². The molecule has 2 aromatic rings. The van der Waals surface area contributed by atoms with Crippen LogP contribution < -0.4 is 15.4 Å². The third kappa shape index (κ3) is 4.82. The van der Waals surface area contributed by atoms with Gasteiger partial charge < -0.3 is 10.1 Å². The zero-order chi connectivity index (χ0) is 16.8. The van der Waals surface area contributed by atoms with Crippen molar-refractivity contribution in [1.29, 1.82) is 0 Å². The molecule has 1 heterocycles. The number of hydrogen-bond donors (Lipinski definition) is 2. The molecular formula is C16H18ClN3O3. The summed E-state index contributed by atoms with van der Waals surface area (Å²) in [6.45, 7) is 4.13. The molecule has 0 spiro atoms. The highest BCUT2D eigenvalue weighted by molar-refractivity contribution is 6.35. The Morgan fingerprint density at radius 2 is 2.09 bits per heavy atom. The van der Waals surface area contributed by atoms with Crippen LogP contribution in [-0.2, 0) is 4.79 Å². The highest BCUT2D eigenvalue weighted by Crippen LogP contribution is 2.29. The number of aromatic nitrogens is 1. The van der Waals surface area contributed by atoms with Crippen molar-refractivity contribution in [2.24, 2.45) is 5.92 Å². The molecule has 7 heteroatoms. The van der Waals surface area contributed by atoms with Crippen molar-refractivity contribution in [3.8, 4) is 5.75 Å². The standard InChI is InChI=1S/C16H18ClN3O3/c1-10(2)8-19-16(22)20-14(21)9-23-13-6-5-12(17)11-4-3-7-18-15(11)13/h3-7,10H,8-9H2,1-2H3,(H2,19,20,21,22). The van der Waals surface area contributed by atoms with Crippen LogP contribution in [0.15, 0.2) is 30.5 Å². The Morgan fingerprint density at radius 3 is 2.83 bits per heavy atom. The number of rotatable bonds is 5. The molecule has 0 aliphatic rings. The minimum Gasteiger partial charge on any atom is -0.481 e. The number of ether oxygens (including phenoxy) is 1. The third-order valence-corrected chi connectivity index (χ3v) is 3.29. The lowest BCUT2D eigenvalue weighted by Gasteiger charge is -2.10. The Kier molecular flexibility index (Phi) is 5.76. The number of nitrogens with zero attached hydrogens (tertiary/aromatic N) is 1. The van der Waals surface area contributed by atoms with Gasteiger partial charge in [0.2, 0.25) is 0 Å². The SMILES string of the molecule is CC(C)CNC(=O)NC(=O)COc1ccc(Cl)c2cccnc12. The molecule has 0 aliphatic heterocycles. The summed E-state index contributed by atoms with van der Waals surface area (Å²) in [6.07, 6.45) is 1.62. The van der Waals surface area contributed by atoms with E-state index in [0.717, 1.165) is 5.39 Å². The quantitative estimate of drug-likeness (QED) is 0.880. The van der Waals surface area contributed by atoms with E-state index < -0.39 is 11.9 Å². The van der Waals surface area contributed by atoms with Crippen molar-refractivity contribution in [2.75, 3.05) is 13.2 Å². The number of pyridine rings is 1. The molecule has 0 aliphatic carbocycles. The van der Waals surface area contributed by atoms with Gasteiger partial charge >= 0.3 is 6.03 Å². The average molecular weight is 336 g/mol. The predicted molar refractivity (Wildman–Crippen MR) is 88.6 cm³/mol. The number of amides is 3. The molecule has 0 saturated heterocycles. The Morgan fingerprint density at radius 1 is 1.30 bits per heavy atom. The summed E-state index contributed by atoms with van der Waals surface area (Å²) in [6, 6.07) is 6.37. The molecular weight excluding hydrogens is 318 g/mol. The van der Waals surface area contributed by atoms with E-state index in [9.17, 15) is 9.59 Å². The zero-order valence-corrected chi connectivity index (χ0v) is 13.7. The molecule has 0 fully saturated rings. The fraction of sp³-hybridized carbons (Fsp3) is 0.312. The number of imide groups is 1. The molecule has 0 radical (unpaired) electrons. The van der Waals surface area contributed by atoms with Gasteiger partial charge in [0.15, 0.2) is 6.61 Å². The topological polar surface area (TPSA) is 80.3 Å². The van der Waals surface area contributed by atoms with Gasteiger partial charge in [0.25, 0.3) is 5.91 Å². The van der Waals surface area contributed by atoms with Crippen LogP contribution in [0.2, 0.25) is 5.02 Å². The molecule has 0 saturated carbocycles. The van der Waals surface area contributed by atoms with Crippen molar-refractivity contribution < 1.29 is 14.3 Å². The number of carbonyl (C=O) groups excluding carboxylic acids is 2. The summed E-state index contributed by atoms with van der Waals surface area (Å²) in [7, 11) is 0. The van der Waals surface area contributed by atoms with E-state index in [1.54, 1.807) is 24.4 Å². The van der Waals surface area contributed by atoms with Gasteiger partial charge in [-0.2, -0.15) is 0 Å². The van der Waals surface area contributed by atoms with Gasteiger partial charge in [-0.1, -0.05) is 25.4 Å². The summed E-state index contributed by atoms with van der Waals surface area (Å²) in [5.41, 5.74) is 0.567. The van der Waals surface area contributed by atoms with E-state index in [0.29, 0.717) is 28.8 Å². The minimum atomic E-state index is -0.537. The molecule has 1 aromatic heterocycles. The fourth-order valence-electron chi connectivity index (χ4n) is 1.88. The minimum absolute atomic E-state index is 0.289. The average Bonchev–Trinajstić information content (AvgIpc) is 2.52. The Labute approximate surface area is 139 Å². The highest BCUT2D eigenvalue weighted by Gasteiger charge is 2.11. The van der Waals surface area contributed by atoms with Crippen LogP contribution in [0, 0.1) is 5.92 Å². The van der Waals surface area contributed by atoms with Gasteiger partial charge in [-0.3, -0.25) is 15.1 Å². The Bertz CT molecular complexity index is 719. The van der Waals surface area contributed by atoms with Crippen LogP contribution >= 0.6 is 11.6 Å².